The van der Waals surface area contributed by atoms with Crippen LogP contribution in [0.15, 0.2) is 41.3 Å². The van der Waals surface area contributed by atoms with Crippen LogP contribution in [-0.2, 0) is 16.6 Å². The van der Waals surface area contributed by atoms with Crippen molar-refractivity contribution in [1.29, 1.82) is 0 Å². The Balaban J connectivity index is 2.28. The van der Waals surface area contributed by atoms with Crippen LogP contribution in [0.2, 0.25) is 0 Å². The van der Waals surface area contributed by atoms with Gasteiger partial charge in [0, 0.05) is 17.3 Å². The second-order valence-corrected chi connectivity index (χ2v) is 5.69. The average Bonchev–Trinajstić information content (AvgIpc) is 2.35. The van der Waals surface area contributed by atoms with Crippen molar-refractivity contribution < 1.29 is 13.0 Å². The van der Waals surface area contributed by atoms with Gasteiger partial charge in [-0.3, -0.25) is 4.21 Å². The van der Waals surface area contributed by atoms with Gasteiger partial charge in [0.1, 0.15) is 11.6 Å². The fourth-order valence-corrected chi connectivity index (χ4v) is 3.02. The Kier molecular flexibility index (Phi) is 3.95. The molecule has 2 aromatic rings. The minimum Gasteiger partial charge on any atom is -0.398 e. The second kappa shape index (κ2) is 5.48. The highest BCUT2D eigenvalue weighted by atomic mass is 32.2. The first kappa shape index (κ1) is 13.7. The van der Waals surface area contributed by atoms with Gasteiger partial charge in [0.05, 0.1) is 21.4 Å². The van der Waals surface area contributed by atoms with E-state index in [1.54, 1.807) is 12.1 Å². The van der Waals surface area contributed by atoms with E-state index in [9.17, 15) is 13.0 Å². The number of hydrogen-bond donors (Lipinski definition) is 1. The van der Waals surface area contributed by atoms with E-state index in [2.05, 4.69) is 0 Å². The zero-order valence-electron chi connectivity index (χ0n) is 10.3. The minimum absolute atomic E-state index is 0.0280. The zero-order chi connectivity index (χ0) is 14.0. The van der Waals surface area contributed by atoms with Gasteiger partial charge in [0.25, 0.3) is 0 Å². The largest absolute Gasteiger partial charge is 0.398 e. The lowest BCUT2D eigenvalue weighted by Crippen LogP contribution is -2.03. The van der Waals surface area contributed by atoms with Crippen molar-refractivity contribution in [2.45, 2.75) is 17.6 Å². The van der Waals surface area contributed by atoms with Crippen molar-refractivity contribution in [1.82, 2.24) is 0 Å². The maximum atomic E-state index is 13.5. The van der Waals surface area contributed by atoms with Crippen molar-refractivity contribution in [3.63, 3.8) is 0 Å². The summed E-state index contributed by atoms with van der Waals surface area (Å²) < 4.78 is 38.5. The number of rotatable bonds is 3. The normalized spacial score (nSPS) is 12.4. The first-order valence-corrected chi connectivity index (χ1v) is 6.97. The van der Waals surface area contributed by atoms with Crippen LogP contribution in [0.4, 0.5) is 14.5 Å². The Bertz CT molecular complexity index is 643. The van der Waals surface area contributed by atoms with Crippen LogP contribution in [-0.4, -0.2) is 4.21 Å². The molecule has 5 heteroatoms. The van der Waals surface area contributed by atoms with Gasteiger partial charge in [-0.1, -0.05) is 12.1 Å². The van der Waals surface area contributed by atoms with E-state index in [4.69, 9.17) is 5.73 Å². The van der Waals surface area contributed by atoms with Crippen molar-refractivity contribution in [3.8, 4) is 0 Å². The Labute approximate surface area is 112 Å². The van der Waals surface area contributed by atoms with Crippen molar-refractivity contribution in [3.05, 3.63) is 59.2 Å². The Morgan fingerprint density at radius 3 is 2.58 bits per heavy atom. The van der Waals surface area contributed by atoms with Crippen LogP contribution >= 0.6 is 0 Å². The molecule has 0 aliphatic heterocycles. The maximum Gasteiger partial charge on any atom is 0.130 e. The highest BCUT2D eigenvalue weighted by molar-refractivity contribution is 7.84. The lowest BCUT2D eigenvalue weighted by atomic mass is 10.2. The lowest BCUT2D eigenvalue weighted by molar-refractivity contribution is 0.576. The SMILES string of the molecule is Cc1ccc(N)c(S(=O)Cc2ccc(F)cc2F)c1. The third kappa shape index (κ3) is 3.17. The summed E-state index contributed by atoms with van der Waals surface area (Å²) >= 11 is 0. The van der Waals surface area contributed by atoms with Crippen LogP contribution in [0.1, 0.15) is 11.1 Å². The molecule has 0 heterocycles. The van der Waals surface area contributed by atoms with Crippen LogP contribution < -0.4 is 5.73 Å². The van der Waals surface area contributed by atoms with Gasteiger partial charge in [-0.25, -0.2) is 8.78 Å². The van der Waals surface area contributed by atoms with Gasteiger partial charge < -0.3 is 5.73 Å². The summed E-state index contributed by atoms with van der Waals surface area (Å²) in [6.07, 6.45) is 0. The number of nitrogen functional groups attached to an aromatic ring is 1. The molecule has 0 spiro atoms. The summed E-state index contributed by atoms with van der Waals surface area (Å²) in [6.45, 7) is 1.86. The van der Waals surface area contributed by atoms with Crippen LogP contribution in [0.5, 0.6) is 0 Å². The second-order valence-electron chi connectivity index (χ2n) is 4.27. The third-order valence-electron chi connectivity index (χ3n) is 2.72. The first-order valence-electron chi connectivity index (χ1n) is 5.66. The molecule has 0 saturated heterocycles. The molecule has 1 atom stereocenters. The number of halogens is 2. The monoisotopic (exact) mass is 281 g/mol. The van der Waals surface area contributed by atoms with E-state index in [1.165, 1.54) is 6.07 Å². The molecular formula is C14H13F2NOS. The van der Waals surface area contributed by atoms with Gasteiger partial charge >= 0.3 is 0 Å². The number of benzene rings is 2. The molecule has 1 unspecified atom stereocenters. The first-order chi connectivity index (χ1) is 8.97. The van der Waals surface area contributed by atoms with E-state index in [-0.39, 0.29) is 11.3 Å². The molecule has 0 saturated carbocycles. The van der Waals surface area contributed by atoms with Gasteiger partial charge in [-0.05, 0) is 30.7 Å². The summed E-state index contributed by atoms with van der Waals surface area (Å²) in [5.41, 5.74) is 7.30. The molecule has 0 aromatic heterocycles. The molecule has 100 valence electrons. The summed E-state index contributed by atoms with van der Waals surface area (Å²) in [5.74, 6) is -1.37. The fourth-order valence-electron chi connectivity index (χ4n) is 1.70. The van der Waals surface area contributed by atoms with E-state index in [0.717, 1.165) is 17.7 Å². The molecule has 2 N–H and O–H groups in total. The quantitative estimate of drug-likeness (QED) is 0.878. The van der Waals surface area contributed by atoms with Crippen molar-refractivity contribution >= 4 is 16.5 Å². The summed E-state index contributed by atoms with van der Waals surface area (Å²) in [6, 6.07) is 8.43. The minimum atomic E-state index is -1.46. The van der Waals surface area contributed by atoms with E-state index in [1.807, 2.05) is 13.0 Å². The van der Waals surface area contributed by atoms with Crippen molar-refractivity contribution in [2.75, 3.05) is 5.73 Å². The highest BCUT2D eigenvalue weighted by Crippen LogP contribution is 2.21. The molecular weight excluding hydrogens is 268 g/mol. The molecule has 0 radical (unpaired) electrons. The summed E-state index contributed by atoms with van der Waals surface area (Å²) in [7, 11) is -1.46. The smallest absolute Gasteiger partial charge is 0.130 e. The molecule has 0 aliphatic rings. The molecule has 2 aromatic carbocycles. The topological polar surface area (TPSA) is 43.1 Å². The van der Waals surface area contributed by atoms with E-state index < -0.39 is 22.4 Å². The predicted octanol–water partition coefficient (Wildman–Crippen LogP) is 3.16. The van der Waals surface area contributed by atoms with Crippen LogP contribution in [0.25, 0.3) is 0 Å². The summed E-state index contributed by atoms with van der Waals surface area (Å²) in [4.78, 5) is 0.476. The lowest BCUT2D eigenvalue weighted by Gasteiger charge is -2.08. The number of anilines is 1. The van der Waals surface area contributed by atoms with Gasteiger partial charge in [-0.2, -0.15) is 0 Å². The van der Waals surface area contributed by atoms with E-state index >= 15 is 0 Å². The molecule has 19 heavy (non-hydrogen) atoms. The maximum absolute atomic E-state index is 13.5. The Morgan fingerprint density at radius 1 is 1.16 bits per heavy atom. The number of aryl methyl sites for hydroxylation is 1. The Hall–Kier alpha value is -1.75. The van der Waals surface area contributed by atoms with Gasteiger partial charge in [-0.15, -0.1) is 0 Å². The van der Waals surface area contributed by atoms with Crippen LogP contribution in [0.3, 0.4) is 0 Å². The molecule has 0 amide bonds. The van der Waals surface area contributed by atoms with Gasteiger partial charge in [0.2, 0.25) is 0 Å². The Morgan fingerprint density at radius 2 is 1.89 bits per heavy atom. The number of nitrogens with two attached hydrogens (primary N) is 1. The number of hydrogen-bond acceptors (Lipinski definition) is 2. The molecule has 2 rings (SSSR count). The van der Waals surface area contributed by atoms with Crippen LogP contribution in [0, 0.1) is 18.6 Å². The predicted molar refractivity (Wildman–Crippen MR) is 72.1 cm³/mol. The third-order valence-corrected chi connectivity index (χ3v) is 4.13. The molecule has 0 fully saturated rings. The standard InChI is InChI=1S/C14H13F2NOS/c1-9-2-5-13(17)14(6-9)19(18)8-10-3-4-11(15)7-12(10)16/h2-7H,8,17H2,1H3. The van der Waals surface area contributed by atoms with Crippen molar-refractivity contribution in [2.24, 2.45) is 0 Å². The van der Waals surface area contributed by atoms with Gasteiger partial charge in [0.15, 0.2) is 0 Å². The summed E-state index contributed by atoms with van der Waals surface area (Å²) in [5, 5.41) is 0. The fraction of sp³-hybridized carbons (Fsp3) is 0.143. The molecule has 0 bridgehead atoms. The zero-order valence-corrected chi connectivity index (χ0v) is 11.1. The molecule has 0 aliphatic carbocycles. The molecule has 2 nitrogen and oxygen atoms in total. The highest BCUT2D eigenvalue weighted by Gasteiger charge is 2.12. The average molecular weight is 281 g/mol. The van der Waals surface area contributed by atoms with E-state index in [0.29, 0.717) is 10.6 Å².